The molecule has 1 unspecified atom stereocenters. The summed E-state index contributed by atoms with van der Waals surface area (Å²) in [5.41, 5.74) is 0.851. The monoisotopic (exact) mass is 153 g/mol. The maximum atomic E-state index is 9.48. The summed E-state index contributed by atoms with van der Waals surface area (Å²) in [5.74, 6) is 0.520. The normalized spacial score (nSPS) is 20.1. The first-order chi connectivity index (χ1) is 5.36. The van der Waals surface area contributed by atoms with E-state index >= 15 is 0 Å². The SMILES string of the molecule is OC(Cc1c[nH]nn1)C1CC1. The van der Waals surface area contributed by atoms with E-state index in [1.807, 2.05) is 0 Å². The Balaban J connectivity index is 1.89. The Kier molecular flexibility index (Phi) is 1.62. The zero-order chi connectivity index (χ0) is 7.68. The van der Waals surface area contributed by atoms with E-state index in [1.54, 1.807) is 6.20 Å². The van der Waals surface area contributed by atoms with Crippen molar-refractivity contribution in [2.75, 3.05) is 0 Å². The van der Waals surface area contributed by atoms with E-state index in [1.165, 1.54) is 12.8 Å². The Labute approximate surface area is 64.6 Å². The van der Waals surface area contributed by atoms with Crippen LogP contribution in [0.4, 0.5) is 0 Å². The molecule has 1 aliphatic carbocycles. The lowest BCUT2D eigenvalue weighted by molar-refractivity contribution is 0.150. The molecule has 0 amide bonds. The van der Waals surface area contributed by atoms with Crippen molar-refractivity contribution in [1.82, 2.24) is 15.4 Å². The summed E-state index contributed by atoms with van der Waals surface area (Å²) < 4.78 is 0. The van der Waals surface area contributed by atoms with Gasteiger partial charge in [-0.3, -0.25) is 5.10 Å². The topological polar surface area (TPSA) is 61.8 Å². The van der Waals surface area contributed by atoms with Crippen LogP contribution in [0.1, 0.15) is 18.5 Å². The molecule has 1 aromatic heterocycles. The summed E-state index contributed by atoms with van der Waals surface area (Å²) in [4.78, 5) is 0. The number of aromatic amines is 1. The van der Waals surface area contributed by atoms with Gasteiger partial charge in [0.05, 0.1) is 11.8 Å². The molecule has 0 aliphatic heterocycles. The molecule has 0 saturated heterocycles. The van der Waals surface area contributed by atoms with Crippen LogP contribution in [-0.2, 0) is 6.42 Å². The van der Waals surface area contributed by atoms with Gasteiger partial charge < -0.3 is 5.11 Å². The molecule has 1 fully saturated rings. The van der Waals surface area contributed by atoms with E-state index in [0.717, 1.165) is 5.69 Å². The van der Waals surface area contributed by atoms with Crippen LogP contribution in [0.2, 0.25) is 0 Å². The third-order valence-electron chi connectivity index (χ3n) is 2.05. The molecule has 0 radical (unpaired) electrons. The quantitative estimate of drug-likeness (QED) is 0.648. The van der Waals surface area contributed by atoms with Crippen molar-refractivity contribution < 1.29 is 5.11 Å². The molecule has 4 nitrogen and oxygen atoms in total. The Morgan fingerprint density at radius 1 is 1.73 bits per heavy atom. The van der Waals surface area contributed by atoms with Gasteiger partial charge >= 0.3 is 0 Å². The number of rotatable bonds is 3. The van der Waals surface area contributed by atoms with Gasteiger partial charge in [-0.15, -0.1) is 5.10 Å². The minimum Gasteiger partial charge on any atom is -0.392 e. The minimum absolute atomic E-state index is 0.208. The van der Waals surface area contributed by atoms with Gasteiger partial charge in [-0.25, -0.2) is 0 Å². The first kappa shape index (κ1) is 6.79. The van der Waals surface area contributed by atoms with Crippen LogP contribution in [0.3, 0.4) is 0 Å². The number of nitrogens with one attached hydrogen (secondary N) is 1. The van der Waals surface area contributed by atoms with Crippen LogP contribution < -0.4 is 0 Å². The van der Waals surface area contributed by atoms with Crippen molar-refractivity contribution in [3.8, 4) is 0 Å². The van der Waals surface area contributed by atoms with Crippen molar-refractivity contribution in [3.63, 3.8) is 0 Å². The highest BCUT2D eigenvalue weighted by Gasteiger charge is 2.29. The van der Waals surface area contributed by atoms with Crippen LogP contribution in [-0.4, -0.2) is 26.6 Å². The number of hydrogen-bond donors (Lipinski definition) is 2. The van der Waals surface area contributed by atoms with Gasteiger partial charge in [-0.2, -0.15) is 0 Å². The minimum atomic E-state index is -0.208. The maximum Gasteiger partial charge on any atom is 0.0850 e. The van der Waals surface area contributed by atoms with E-state index in [4.69, 9.17) is 0 Å². The summed E-state index contributed by atoms with van der Waals surface area (Å²) in [7, 11) is 0. The summed E-state index contributed by atoms with van der Waals surface area (Å²) in [6.45, 7) is 0. The van der Waals surface area contributed by atoms with Gasteiger partial charge in [0.1, 0.15) is 0 Å². The Bertz CT molecular complexity index is 218. The molecule has 0 spiro atoms. The number of aliphatic hydroxyl groups excluding tert-OH is 1. The predicted molar refractivity (Wildman–Crippen MR) is 38.8 cm³/mol. The molecule has 1 aliphatic rings. The van der Waals surface area contributed by atoms with Crippen LogP contribution in [0.15, 0.2) is 6.20 Å². The molecule has 0 bridgehead atoms. The highest BCUT2D eigenvalue weighted by atomic mass is 16.3. The zero-order valence-corrected chi connectivity index (χ0v) is 6.20. The van der Waals surface area contributed by atoms with E-state index in [0.29, 0.717) is 12.3 Å². The standard InChI is InChI=1S/C7H11N3O/c11-7(5-1-2-5)3-6-4-8-10-9-6/h4-5,7,11H,1-3H2,(H,8,9,10). The van der Waals surface area contributed by atoms with Crippen molar-refractivity contribution in [2.45, 2.75) is 25.4 Å². The van der Waals surface area contributed by atoms with Crippen molar-refractivity contribution in [1.29, 1.82) is 0 Å². The first-order valence-corrected chi connectivity index (χ1v) is 3.89. The van der Waals surface area contributed by atoms with Crippen molar-refractivity contribution in [3.05, 3.63) is 11.9 Å². The number of nitrogens with zero attached hydrogens (tertiary/aromatic N) is 2. The van der Waals surface area contributed by atoms with Crippen molar-refractivity contribution >= 4 is 0 Å². The number of aliphatic hydroxyl groups is 1. The van der Waals surface area contributed by atoms with Gasteiger partial charge in [0, 0.05) is 12.6 Å². The molecule has 1 atom stereocenters. The van der Waals surface area contributed by atoms with Crippen LogP contribution in [0, 0.1) is 5.92 Å². The van der Waals surface area contributed by atoms with E-state index < -0.39 is 0 Å². The smallest absolute Gasteiger partial charge is 0.0850 e. The number of H-pyrrole nitrogens is 1. The molecule has 0 aromatic carbocycles. The molecule has 1 saturated carbocycles. The molecule has 2 N–H and O–H groups in total. The average molecular weight is 153 g/mol. The molecule has 1 heterocycles. The fraction of sp³-hybridized carbons (Fsp3) is 0.714. The molecule has 60 valence electrons. The molecular formula is C7H11N3O. The van der Waals surface area contributed by atoms with E-state index in [-0.39, 0.29) is 6.10 Å². The second-order valence-corrected chi connectivity index (χ2v) is 3.07. The van der Waals surface area contributed by atoms with E-state index in [9.17, 15) is 5.11 Å². The average Bonchev–Trinajstić information content (AvgIpc) is 2.73. The molecule has 4 heteroatoms. The second-order valence-electron chi connectivity index (χ2n) is 3.07. The predicted octanol–water partition coefficient (Wildman–Crippen LogP) is 0.118. The second kappa shape index (κ2) is 2.62. The lowest BCUT2D eigenvalue weighted by atomic mass is 10.1. The summed E-state index contributed by atoms with van der Waals surface area (Å²) >= 11 is 0. The Morgan fingerprint density at radius 3 is 3.09 bits per heavy atom. The van der Waals surface area contributed by atoms with E-state index in [2.05, 4.69) is 15.4 Å². The largest absolute Gasteiger partial charge is 0.392 e. The van der Waals surface area contributed by atoms with Gasteiger partial charge in [0.2, 0.25) is 0 Å². The fourth-order valence-corrected chi connectivity index (χ4v) is 1.19. The highest BCUT2D eigenvalue weighted by Crippen LogP contribution is 2.33. The molecule has 11 heavy (non-hydrogen) atoms. The fourth-order valence-electron chi connectivity index (χ4n) is 1.19. The maximum absolute atomic E-state index is 9.48. The summed E-state index contributed by atoms with van der Waals surface area (Å²) in [6.07, 6.45) is 4.49. The summed E-state index contributed by atoms with van der Waals surface area (Å²) in [5, 5.41) is 19.5. The Morgan fingerprint density at radius 2 is 2.55 bits per heavy atom. The summed E-state index contributed by atoms with van der Waals surface area (Å²) in [6, 6.07) is 0. The lowest BCUT2D eigenvalue weighted by Gasteiger charge is -2.04. The third-order valence-corrected chi connectivity index (χ3v) is 2.05. The molecule has 2 rings (SSSR count). The van der Waals surface area contributed by atoms with Crippen LogP contribution in [0.5, 0.6) is 0 Å². The zero-order valence-electron chi connectivity index (χ0n) is 6.20. The third kappa shape index (κ3) is 1.57. The van der Waals surface area contributed by atoms with Crippen molar-refractivity contribution in [2.24, 2.45) is 5.92 Å². The van der Waals surface area contributed by atoms with Gasteiger partial charge in [-0.05, 0) is 18.8 Å². The number of hydrogen-bond acceptors (Lipinski definition) is 3. The van der Waals surface area contributed by atoms with Crippen LogP contribution in [0.25, 0.3) is 0 Å². The van der Waals surface area contributed by atoms with Gasteiger partial charge in [-0.1, -0.05) is 5.21 Å². The van der Waals surface area contributed by atoms with Crippen LogP contribution >= 0.6 is 0 Å². The van der Waals surface area contributed by atoms with Gasteiger partial charge in [0.25, 0.3) is 0 Å². The lowest BCUT2D eigenvalue weighted by Crippen LogP contribution is -2.12. The Hall–Kier alpha value is -0.900. The van der Waals surface area contributed by atoms with Gasteiger partial charge in [0.15, 0.2) is 0 Å². The molecular weight excluding hydrogens is 142 g/mol. The molecule has 1 aromatic rings. The highest BCUT2D eigenvalue weighted by molar-refractivity contribution is 4.96. The first-order valence-electron chi connectivity index (χ1n) is 3.89. The number of aromatic nitrogens is 3.